The van der Waals surface area contributed by atoms with Crippen LogP contribution in [0.5, 0.6) is 0 Å². The van der Waals surface area contributed by atoms with Crippen molar-refractivity contribution < 1.29 is 9.59 Å². The number of allylic oxidation sites excluding steroid dienone is 1. The van der Waals surface area contributed by atoms with E-state index in [2.05, 4.69) is 6.08 Å². The lowest BCUT2D eigenvalue weighted by Gasteiger charge is -2.47. The van der Waals surface area contributed by atoms with Crippen LogP contribution in [-0.2, 0) is 9.59 Å². The summed E-state index contributed by atoms with van der Waals surface area (Å²) in [4.78, 5) is 28.8. The van der Waals surface area contributed by atoms with Gasteiger partial charge in [-0.2, -0.15) is 11.8 Å². The van der Waals surface area contributed by atoms with E-state index in [0.717, 1.165) is 49.6 Å². The van der Waals surface area contributed by atoms with Crippen molar-refractivity contribution in [2.24, 2.45) is 5.41 Å². The SMILES string of the molecule is CN1C(=O)CCC2(C(=O)N3CCSCC3)CCCC=C12. The van der Waals surface area contributed by atoms with Crippen LogP contribution in [0.1, 0.15) is 32.1 Å². The molecular weight excluding hydrogens is 272 g/mol. The molecule has 0 N–H and O–H groups in total. The van der Waals surface area contributed by atoms with E-state index < -0.39 is 5.41 Å². The van der Waals surface area contributed by atoms with Crippen molar-refractivity contribution in [2.75, 3.05) is 31.6 Å². The Morgan fingerprint density at radius 3 is 2.80 bits per heavy atom. The van der Waals surface area contributed by atoms with E-state index in [0.29, 0.717) is 12.8 Å². The number of carbonyl (C=O) groups is 2. The molecule has 2 heterocycles. The van der Waals surface area contributed by atoms with Gasteiger partial charge in [-0.15, -0.1) is 0 Å². The highest BCUT2D eigenvalue weighted by atomic mass is 32.2. The Bertz CT molecular complexity index is 457. The summed E-state index contributed by atoms with van der Waals surface area (Å²) in [7, 11) is 1.83. The number of hydrogen-bond acceptors (Lipinski definition) is 3. The molecule has 3 rings (SSSR count). The summed E-state index contributed by atoms with van der Waals surface area (Å²) in [5, 5.41) is 0. The largest absolute Gasteiger partial charge is 0.340 e. The van der Waals surface area contributed by atoms with Crippen molar-refractivity contribution in [3.8, 4) is 0 Å². The first kappa shape index (κ1) is 14.0. The lowest BCUT2D eigenvalue weighted by molar-refractivity contribution is -0.146. The zero-order valence-corrected chi connectivity index (χ0v) is 12.9. The lowest BCUT2D eigenvalue weighted by Crippen LogP contribution is -2.54. The fraction of sp³-hybridized carbons (Fsp3) is 0.733. The van der Waals surface area contributed by atoms with Crippen molar-refractivity contribution in [2.45, 2.75) is 32.1 Å². The maximum atomic E-state index is 13.1. The molecular formula is C15H22N2O2S. The third-order valence-corrected chi connectivity index (χ3v) is 5.79. The Hall–Kier alpha value is -0.970. The molecule has 2 aliphatic heterocycles. The number of amides is 2. The Labute approximate surface area is 124 Å². The first-order chi connectivity index (χ1) is 9.65. The van der Waals surface area contributed by atoms with Crippen molar-refractivity contribution in [3.05, 3.63) is 11.8 Å². The minimum atomic E-state index is -0.414. The Morgan fingerprint density at radius 2 is 2.05 bits per heavy atom. The van der Waals surface area contributed by atoms with E-state index in [1.165, 1.54) is 0 Å². The number of rotatable bonds is 1. The topological polar surface area (TPSA) is 40.6 Å². The average molecular weight is 294 g/mol. The predicted octanol–water partition coefficient (Wildman–Crippen LogP) is 1.87. The van der Waals surface area contributed by atoms with Crippen LogP contribution in [0.25, 0.3) is 0 Å². The van der Waals surface area contributed by atoms with Gasteiger partial charge in [-0.3, -0.25) is 9.59 Å². The van der Waals surface area contributed by atoms with Crippen LogP contribution in [0.15, 0.2) is 11.8 Å². The molecule has 1 atom stereocenters. The van der Waals surface area contributed by atoms with Gasteiger partial charge in [0.15, 0.2) is 0 Å². The quantitative estimate of drug-likeness (QED) is 0.741. The van der Waals surface area contributed by atoms with Gasteiger partial charge < -0.3 is 9.80 Å². The number of nitrogens with zero attached hydrogens (tertiary/aromatic N) is 2. The molecule has 1 aliphatic carbocycles. The lowest BCUT2D eigenvalue weighted by atomic mass is 9.69. The number of carbonyl (C=O) groups excluding carboxylic acids is 2. The van der Waals surface area contributed by atoms with Gasteiger partial charge in [-0.25, -0.2) is 0 Å². The molecule has 0 saturated carbocycles. The third-order valence-electron chi connectivity index (χ3n) is 4.84. The third kappa shape index (κ3) is 2.16. The Balaban J connectivity index is 1.91. The van der Waals surface area contributed by atoms with E-state index in [1.54, 1.807) is 4.90 Å². The van der Waals surface area contributed by atoms with E-state index in [-0.39, 0.29) is 11.8 Å². The summed E-state index contributed by atoms with van der Waals surface area (Å²) in [5.74, 6) is 2.49. The molecule has 2 saturated heterocycles. The molecule has 0 radical (unpaired) electrons. The molecule has 1 unspecified atom stereocenters. The second kappa shape index (κ2) is 5.43. The number of fused-ring (bicyclic) bond motifs is 1. The number of piperidine rings is 1. The highest BCUT2D eigenvalue weighted by molar-refractivity contribution is 7.99. The first-order valence-corrected chi connectivity index (χ1v) is 8.65. The zero-order valence-electron chi connectivity index (χ0n) is 12.1. The average Bonchev–Trinajstić information content (AvgIpc) is 2.51. The van der Waals surface area contributed by atoms with Crippen LogP contribution in [0.2, 0.25) is 0 Å². The van der Waals surface area contributed by atoms with Gasteiger partial charge >= 0.3 is 0 Å². The van der Waals surface area contributed by atoms with Crippen LogP contribution in [0.4, 0.5) is 0 Å². The van der Waals surface area contributed by atoms with E-state index >= 15 is 0 Å². The van der Waals surface area contributed by atoms with Gasteiger partial charge in [-0.05, 0) is 25.7 Å². The number of hydrogen-bond donors (Lipinski definition) is 0. The summed E-state index contributed by atoms with van der Waals surface area (Å²) in [6, 6.07) is 0. The minimum absolute atomic E-state index is 0.149. The molecule has 0 aromatic carbocycles. The van der Waals surface area contributed by atoms with Crippen LogP contribution >= 0.6 is 11.8 Å². The molecule has 0 spiro atoms. The molecule has 20 heavy (non-hydrogen) atoms. The second-order valence-electron chi connectivity index (χ2n) is 5.92. The summed E-state index contributed by atoms with van der Waals surface area (Å²) >= 11 is 1.92. The molecule has 0 aromatic rings. The smallest absolute Gasteiger partial charge is 0.234 e. The maximum Gasteiger partial charge on any atom is 0.234 e. The van der Waals surface area contributed by atoms with E-state index in [9.17, 15) is 9.59 Å². The molecule has 2 fully saturated rings. The fourth-order valence-electron chi connectivity index (χ4n) is 3.69. The molecule has 2 amide bonds. The standard InChI is InChI=1S/C15H22N2O2S/c1-16-12-4-2-3-6-15(12,7-5-13(16)18)14(19)17-8-10-20-11-9-17/h4H,2-3,5-11H2,1H3. The Morgan fingerprint density at radius 1 is 1.30 bits per heavy atom. The molecule has 110 valence electrons. The van der Waals surface area contributed by atoms with Crippen LogP contribution < -0.4 is 0 Å². The van der Waals surface area contributed by atoms with Gasteiger partial charge in [0.1, 0.15) is 0 Å². The van der Waals surface area contributed by atoms with Crippen LogP contribution in [0, 0.1) is 5.41 Å². The molecule has 0 aromatic heterocycles. The van der Waals surface area contributed by atoms with Crippen molar-refractivity contribution in [1.82, 2.24) is 9.80 Å². The monoisotopic (exact) mass is 294 g/mol. The summed E-state index contributed by atoms with van der Waals surface area (Å²) < 4.78 is 0. The van der Waals surface area contributed by atoms with Gasteiger partial charge in [-0.1, -0.05) is 6.08 Å². The predicted molar refractivity (Wildman–Crippen MR) is 80.3 cm³/mol. The zero-order chi connectivity index (χ0) is 14.2. The van der Waals surface area contributed by atoms with Gasteiger partial charge in [0.25, 0.3) is 0 Å². The first-order valence-electron chi connectivity index (χ1n) is 7.49. The van der Waals surface area contributed by atoms with E-state index in [4.69, 9.17) is 0 Å². The van der Waals surface area contributed by atoms with Crippen LogP contribution in [0.3, 0.4) is 0 Å². The van der Waals surface area contributed by atoms with Gasteiger partial charge in [0.2, 0.25) is 11.8 Å². The molecule has 0 bridgehead atoms. The van der Waals surface area contributed by atoms with Crippen LogP contribution in [-0.4, -0.2) is 53.3 Å². The fourth-order valence-corrected chi connectivity index (χ4v) is 4.60. The highest BCUT2D eigenvalue weighted by Crippen LogP contribution is 2.47. The number of likely N-dealkylation sites (tertiary alicyclic amines) is 1. The highest BCUT2D eigenvalue weighted by Gasteiger charge is 2.50. The van der Waals surface area contributed by atoms with Crippen molar-refractivity contribution >= 4 is 23.6 Å². The van der Waals surface area contributed by atoms with E-state index in [1.807, 2.05) is 23.7 Å². The van der Waals surface area contributed by atoms with Gasteiger partial charge in [0.05, 0.1) is 5.41 Å². The molecule has 5 heteroatoms. The summed E-state index contributed by atoms with van der Waals surface area (Å²) in [6.07, 6.45) is 6.26. The summed E-state index contributed by atoms with van der Waals surface area (Å²) in [5.41, 5.74) is 0.561. The number of thioether (sulfide) groups is 1. The minimum Gasteiger partial charge on any atom is -0.340 e. The van der Waals surface area contributed by atoms with Crippen molar-refractivity contribution in [1.29, 1.82) is 0 Å². The van der Waals surface area contributed by atoms with Crippen molar-refractivity contribution in [3.63, 3.8) is 0 Å². The maximum absolute atomic E-state index is 13.1. The summed E-state index contributed by atoms with van der Waals surface area (Å²) in [6.45, 7) is 1.71. The molecule has 3 aliphatic rings. The normalized spacial score (nSPS) is 30.9. The second-order valence-corrected chi connectivity index (χ2v) is 7.15. The Kier molecular flexibility index (Phi) is 3.80. The molecule has 4 nitrogen and oxygen atoms in total. The van der Waals surface area contributed by atoms with Gasteiger partial charge in [0, 0.05) is 43.8 Å².